The van der Waals surface area contributed by atoms with E-state index in [0.717, 1.165) is 22.7 Å². The summed E-state index contributed by atoms with van der Waals surface area (Å²) in [7, 11) is 3.23. The molecule has 0 spiro atoms. The van der Waals surface area contributed by atoms with Crippen LogP contribution < -0.4 is 14.8 Å². The maximum Gasteiger partial charge on any atom is 0.122 e. The lowest BCUT2D eigenvalue weighted by molar-refractivity contribution is 0.393. The average Bonchev–Trinajstić information content (AvgIpc) is 2.53. The van der Waals surface area contributed by atoms with Crippen LogP contribution in [-0.2, 0) is 6.54 Å². The molecule has 0 heterocycles. The van der Waals surface area contributed by atoms with Gasteiger partial charge in [0.2, 0.25) is 0 Å². The number of rotatable bonds is 5. The summed E-state index contributed by atoms with van der Waals surface area (Å²) in [6.07, 6.45) is 0. The molecule has 2 rings (SSSR count). The monoisotopic (exact) mass is 302 g/mol. The van der Waals surface area contributed by atoms with Gasteiger partial charge in [-0.25, -0.2) is 0 Å². The van der Waals surface area contributed by atoms with Gasteiger partial charge in [0, 0.05) is 12.6 Å². The van der Waals surface area contributed by atoms with Gasteiger partial charge in [-0.3, -0.25) is 0 Å². The van der Waals surface area contributed by atoms with Crippen molar-refractivity contribution >= 4 is 17.3 Å². The van der Waals surface area contributed by atoms with E-state index < -0.39 is 0 Å². The summed E-state index contributed by atoms with van der Waals surface area (Å²) >= 11 is 6.13. The van der Waals surface area contributed by atoms with Crippen molar-refractivity contribution in [2.45, 2.75) is 6.54 Å². The molecule has 5 heteroatoms. The van der Waals surface area contributed by atoms with Gasteiger partial charge in [0.05, 0.1) is 36.6 Å². The summed E-state index contributed by atoms with van der Waals surface area (Å²) in [5.74, 6) is 1.47. The first kappa shape index (κ1) is 15.0. The third-order valence-electron chi connectivity index (χ3n) is 2.99. The fourth-order valence-corrected chi connectivity index (χ4v) is 2.14. The average molecular weight is 303 g/mol. The van der Waals surface area contributed by atoms with Crippen LogP contribution in [0.5, 0.6) is 11.5 Å². The molecule has 2 aromatic carbocycles. The van der Waals surface area contributed by atoms with Gasteiger partial charge in [0.25, 0.3) is 0 Å². The Balaban J connectivity index is 2.14. The first-order valence-corrected chi connectivity index (χ1v) is 6.69. The van der Waals surface area contributed by atoms with Gasteiger partial charge in [0.1, 0.15) is 11.5 Å². The second kappa shape index (κ2) is 6.87. The first-order chi connectivity index (χ1) is 10.2. The molecule has 0 unspecified atom stereocenters. The molecule has 0 bridgehead atoms. The predicted octanol–water partition coefficient (Wildman–Crippen LogP) is 3.84. The Morgan fingerprint density at radius 3 is 2.29 bits per heavy atom. The number of methoxy groups -OCH3 is 2. The van der Waals surface area contributed by atoms with Crippen LogP contribution in [0.4, 0.5) is 5.69 Å². The molecule has 0 aliphatic rings. The number of nitrogens with zero attached hydrogens (tertiary/aromatic N) is 1. The molecule has 0 radical (unpaired) electrons. The Kier molecular flexibility index (Phi) is 4.91. The van der Waals surface area contributed by atoms with Crippen molar-refractivity contribution < 1.29 is 9.47 Å². The smallest absolute Gasteiger partial charge is 0.122 e. The quantitative estimate of drug-likeness (QED) is 0.911. The molecule has 0 saturated carbocycles. The molecule has 0 aliphatic heterocycles. The van der Waals surface area contributed by atoms with E-state index in [-0.39, 0.29) is 0 Å². The van der Waals surface area contributed by atoms with Gasteiger partial charge < -0.3 is 14.8 Å². The van der Waals surface area contributed by atoms with E-state index in [0.29, 0.717) is 17.1 Å². The largest absolute Gasteiger partial charge is 0.497 e. The lowest BCUT2D eigenvalue weighted by Gasteiger charge is -2.11. The van der Waals surface area contributed by atoms with E-state index in [1.807, 2.05) is 18.2 Å². The normalized spacial score (nSPS) is 9.81. The highest BCUT2D eigenvalue weighted by Gasteiger charge is 2.04. The lowest BCUT2D eigenvalue weighted by Crippen LogP contribution is -2.01. The van der Waals surface area contributed by atoms with Crippen LogP contribution in [0.25, 0.3) is 0 Å². The minimum absolute atomic E-state index is 0.518. The highest BCUT2D eigenvalue weighted by Crippen LogP contribution is 2.26. The summed E-state index contributed by atoms with van der Waals surface area (Å²) in [6, 6.07) is 12.9. The van der Waals surface area contributed by atoms with E-state index in [1.54, 1.807) is 32.4 Å². The van der Waals surface area contributed by atoms with Crippen molar-refractivity contribution in [2.75, 3.05) is 19.5 Å². The third kappa shape index (κ3) is 3.80. The molecule has 0 aromatic heterocycles. The van der Waals surface area contributed by atoms with Crippen molar-refractivity contribution in [2.24, 2.45) is 0 Å². The number of ether oxygens (including phenoxy) is 2. The SMILES string of the molecule is COc1cc(CNc2ccc(C#N)cc2Cl)cc(OC)c1. The van der Waals surface area contributed by atoms with Crippen molar-refractivity contribution in [1.82, 2.24) is 0 Å². The molecule has 1 N–H and O–H groups in total. The van der Waals surface area contributed by atoms with Crippen LogP contribution in [0.15, 0.2) is 36.4 Å². The second-order valence-electron chi connectivity index (χ2n) is 4.38. The minimum Gasteiger partial charge on any atom is -0.497 e. The summed E-state index contributed by atoms with van der Waals surface area (Å²) in [4.78, 5) is 0. The molecule has 108 valence electrons. The topological polar surface area (TPSA) is 54.3 Å². The van der Waals surface area contributed by atoms with Crippen LogP contribution in [0, 0.1) is 11.3 Å². The maximum absolute atomic E-state index is 8.82. The van der Waals surface area contributed by atoms with Crippen LogP contribution in [0.2, 0.25) is 5.02 Å². The van der Waals surface area contributed by atoms with E-state index in [1.165, 1.54) is 0 Å². The van der Waals surface area contributed by atoms with Crippen molar-refractivity contribution in [3.05, 3.63) is 52.5 Å². The van der Waals surface area contributed by atoms with Gasteiger partial charge in [-0.2, -0.15) is 5.26 Å². The number of nitrogens with one attached hydrogen (secondary N) is 1. The molecule has 0 atom stereocenters. The van der Waals surface area contributed by atoms with E-state index >= 15 is 0 Å². The standard InChI is InChI=1S/C16H15ClN2O2/c1-20-13-5-12(6-14(8-13)21-2)10-19-16-4-3-11(9-18)7-15(16)17/h3-8,19H,10H2,1-2H3. The predicted molar refractivity (Wildman–Crippen MR) is 83.0 cm³/mol. The molecule has 4 nitrogen and oxygen atoms in total. The molecule has 2 aromatic rings. The Morgan fingerprint density at radius 2 is 1.76 bits per heavy atom. The second-order valence-corrected chi connectivity index (χ2v) is 4.79. The van der Waals surface area contributed by atoms with Gasteiger partial charge in [0.15, 0.2) is 0 Å². The molecular formula is C16H15ClN2O2. The van der Waals surface area contributed by atoms with Crippen molar-refractivity contribution in [3.8, 4) is 17.6 Å². The Bertz CT molecular complexity index is 658. The van der Waals surface area contributed by atoms with Gasteiger partial charge in [-0.05, 0) is 35.9 Å². The fraction of sp³-hybridized carbons (Fsp3) is 0.188. The summed E-state index contributed by atoms with van der Waals surface area (Å²) in [5, 5.41) is 12.6. The number of benzene rings is 2. The van der Waals surface area contributed by atoms with Gasteiger partial charge in [-0.1, -0.05) is 11.6 Å². The van der Waals surface area contributed by atoms with Gasteiger partial charge in [-0.15, -0.1) is 0 Å². The zero-order valence-corrected chi connectivity index (χ0v) is 12.6. The highest BCUT2D eigenvalue weighted by molar-refractivity contribution is 6.33. The zero-order valence-electron chi connectivity index (χ0n) is 11.8. The van der Waals surface area contributed by atoms with Gasteiger partial charge >= 0.3 is 0 Å². The number of nitriles is 1. The number of hydrogen-bond acceptors (Lipinski definition) is 4. The Hall–Kier alpha value is -2.38. The lowest BCUT2D eigenvalue weighted by atomic mass is 10.2. The molecule has 0 fully saturated rings. The van der Waals surface area contributed by atoms with E-state index in [9.17, 15) is 0 Å². The third-order valence-corrected chi connectivity index (χ3v) is 3.31. The minimum atomic E-state index is 0.518. The molecule has 21 heavy (non-hydrogen) atoms. The number of hydrogen-bond donors (Lipinski definition) is 1. The fourth-order valence-electron chi connectivity index (χ4n) is 1.89. The maximum atomic E-state index is 8.82. The number of anilines is 1. The van der Waals surface area contributed by atoms with Crippen molar-refractivity contribution in [3.63, 3.8) is 0 Å². The Morgan fingerprint density at radius 1 is 1.10 bits per heavy atom. The first-order valence-electron chi connectivity index (χ1n) is 6.31. The van der Waals surface area contributed by atoms with E-state index in [2.05, 4.69) is 11.4 Å². The van der Waals surface area contributed by atoms with Crippen molar-refractivity contribution in [1.29, 1.82) is 5.26 Å². The summed E-state index contributed by atoms with van der Waals surface area (Å²) < 4.78 is 10.5. The van der Waals surface area contributed by atoms with Crippen LogP contribution in [-0.4, -0.2) is 14.2 Å². The molecule has 0 amide bonds. The Labute approximate surface area is 128 Å². The molecule has 0 saturated heterocycles. The molecular weight excluding hydrogens is 288 g/mol. The molecule has 0 aliphatic carbocycles. The number of halogens is 1. The van der Waals surface area contributed by atoms with Crippen LogP contribution in [0.1, 0.15) is 11.1 Å². The van der Waals surface area contributed by atoms with E-state index in [4.69, 9.17) is 26.3 Å². The highest BCUT2D eigenvalue weighted by atomic mass is 35.5. The summed E-state index contributed by atoms with van der Waals surface area (Å²) in [6.45, 7) is 0.569. The van der Waals surface area contributed by atoms with Crippen LogP contribution in [0.3, 0.4) is 0 Å². The van der Waals surface area contributed by atoms with Crippen LogP contribution >= 0.6 is 11.6 Å². The zero-order chi connectivity index (χ0) is 15.2. The summed E-state index contributed by atoms with van der Waals surface area (Å²) in [5.41, 5.74) is 2.32.